The van der Waals surface area contributed by atoms with Crippen LogP contribution in [-0.4, -0.2) is 36.3 Å². The zero-order valence-electron chi connectivity index (χ0n) is 15.3. The van der Waals surface area contributed by atoms with Crippen LogP contribution in [0.25, 0.3) is 0 Å². The van der Waals surface area contributed by atoms with E-state index in [-0.39, 0.29) is 25.4 Å². The van der Waals surface area contributed by atoms with E-state index in [0.29, 0.717) is 18.7 Å². The second-order valence-electron chi connectivity index (χ2n) is 6.15. The monoisotopic (exact) mass is 366 g/mol. The molecule has 140 valence electrons. The fraction of sp³-hybridized carbons (Fsp3) is 0.286. The predicted molar refractivity (Wildman–Crippen MR) is 101 cm³/mol. The maximum Gasteiger partial charge on any atom is 0.306 e. The third kappa shape index (κ3) is 4.94. The summed E-state index contributed by atoms with van der Waals surface area (Å²) in [4.78, 5) is 24.2. The van der Waals surface area contributed by atoms with Gasteiger partial charge in [0.25, 0.3) is 0 Å². The summed E-state index contributed by atoms with van der Waals surface area (Å²) in [6.45, 7) is 0.663. The number of carbonyl (C=O) groups is 2. The molecule has 1 heterocycles. The minimum absolute atomic E-state index is 0.0284. The van der Waals surface area contributed by atoms with Crippen molar-refractivity contribution in [3.05, 3.63) is 65.7 Å². The van der Waals surface area contributed by atoms with Gasteiger partial charge in [0.2, 0.25) is 5.91 Å². The maximum absolute atomic E-state index is 12.3. The van der Waals surface area contributed by atoms with Gasteiger partial charge < -0.3 is 9.47 Å². The van der Waals surface area contributed by atoms with Crippen molar-refractivity contribution in [2.75, 3.05) is 13.7 Å². The molecule has 0 aromatic heterocycles. The van der Waals surface area contributed by atoms with Crippen molar-refractivity contribution < 1.29 is 19.1 Å². The molecular weight excluding hydrogens is 344 g/mol. The first-order valence-electron chi connectivity index (χ1n) is 8.88. The van der Waals surface area contributed by atoms with Gasteiger partial charge in [0.05, 0.1) is 25.8 Å². The van der Waals surface area contributed by atoms with Gasteiger partial charge in [-0.15, -0.1) is 0 Å². The van der Waals surface area contributed by atoms with Crippen molar-refractivity contribution in [1.29, 1.82) is 0 Å². The van der Waals surface area contributed by atoms with Crippen molar-refractivity contribution in [3.8, 4) is 5.75 Å². The summed E-state index contributed by atoms with van der Waals surface area (Å²) in [6, 6.07) is 17.1. The summed E-state index contributed by atoms with van der Waals surface area (Å²) in [7, 11) is 1.57. The van der Waals surface area contributed by atoms with E-state index in [1.165, 1.54) is 5.01 Å². The standard InChI is InChI=1S/C21H22N2O4/c1-26-19-10-6-5-9-17(19)15-27-21(25)12-11-20(24)23-14-13-18(22-23)16-7-3-2-4-8-16/h2-10H,11-15H2,1H3. The first kappa shape index (κ1) is 18.6. The van der Waals surface area contributed by atoms with Crippen molar-refractivity contribution >= 4 is 17.6 Å². The van der Waals surface area contributed by atoms with Gasteiger partial charge in [0.15, 0.2) is 0 Å². The SMILES string of the molecule is COc1ccccc1COC(=O)CCC(=O)N1CCC(c2ccccc2)=N1. The van der Waals surface area contributed by atoms with E-state index in [2.05, 4.69) is 5.10 Å². The van der Waals surface area contributed by atoms with Crippen LogP contribution in [0.3, 0.4) is 0 Å². The second kappa shape index (κ2) is 8.98. The first-order valence-corrected chi connectivity index (χ1v) is 8.88. The van der Waals surface area contributed by atoms with Gasteiger partial charge >= 0.3 is 5.97 Å². The minimum atomic E-state index is -0.416. The quantitative estimate of drug-likeness (QED) is 0.706. The average Bonchev–Trinajstić information content (AvgIpc) is 3.21. The topological polar surface area (TPSA) is 68.2 Å². The number of amides is 1. The molecule has 0 bridgehead atoms. The fourth-order valence-corrected chi connectivity index (χ4v) is 2.86. The molecule has 0 spiro atoms. The molecule has 27 heavy (non-hydrogen) atoms. The molecule has 2 aromatic carbocycles. The molecule has 6 nitrogen and oxygen atoms in total. The Hall–Kier alpha value is -3.15. The van der Waals surface area contributed by atoms with Crippen molar-refractivity contribution in [2.45, 2.75) is 25.9 Å². The Morgan fingerprint density at radius 2 is 1.78 bits per heavy atom. The van der Waals surface area contributed by atoms with Crippen LogP contribution in [0.15, 0.2) is 59.7 Å². The van der Waals surface area contributed by atoms with E-state index in [1.807, 2.05) is 54.6 Å². The van der Waals surface area contributed by atoms with E-state index < -0.39 is 5.97 Å². The zero-order valence-corrected chi connectivity index (χ0v) is 15.3. The number of hydrogen-bond acceptors (Lipinski definition) is 5. The van der Waals surface area contributed by atoms with E-state index in [1.54, 1.807) is 7.11 Å². The molecular formula is C21H22N2O4. The van der Waals surface area contributed by atoms with Crippen LogP contribution >= 0.6 is 0 Å². The molecule has 0 saturated carbocycles. The number of benzene rings is 2. The van der Waals surface area contributed by atoms with Gasteiger partial charge in [0.1, 0.15) is 12.4 Å². The van der Waals surface area contributed by atoms with E-state index >= 15 is 0 Å². The second-order valence-corrected chi connectivity index (χ2v) is 6.15. The number of ether oxygens (including phenoxy) is 2. The number of hydrazone groups is 1. The summed E-state index contributed by atoms with van der Waals surface area (Å²) < 4.78 is 10.5. The Balaban J connectivity index is 1.46. The number of esters is 1. The Labute approximate surface area is 158 Å². The highest BCUT2D eigenvalue weighted by molar-refractivity contribution is 6.02. The van der Waals surface area contributed by atoms with Crippen LogP contribution in [-0.2, 0) is 20.9 Å². The van der Waals surface area contributed by atoms with Crippen molar-refractivity contribution in [2.24, 2.45) is 5.10 Å². The lowest BCUT2D eigenvalue weighted by molar-refractivity contribution is -0.147. The lowest BCUT2D eigenvalue weighted by Crippen LogP contribution is -2.24. The molecule has 0 radical (unpaired) electrons. The van der Waals surface area contributed by atoms with Crippen LogP contribution in [0.5, 0.6) is 5.75 Å². The van der Waals surface area contributed by atoms with Crippen LogP contribution in [0.2, 0.25) is 0 Å². The highest BCUT2D eigenvalue weighted by Crippen LogP contribution is 2.19. The summed E-state index contributed by atoms with van der Waals surface area (Å²) in [5.74, 6) is 0.0807. The molecule has 1 amide bonds. The van der Waals surface area contributed by atoms with Gasteiger partial charge in [-0.1, -0.05) is 48.5 Å². The van der Waals surface area contributed by atoms with Crippen LogP contribution in [0.1, 0.15) is 30.4 Å². The Bertz CT molecular complexity index is 833. The lowest BCUT2D eigenvalue weighted by Gasteiger charge is -2.11. The van der Waals surface area contributed by atoms with Crippen LogP contribution < -0.4 is 4.74 Å². The smallest absolute Gasteiger partial charge is 0.306 e. The number of rotatable bonds is 7. The summed E-state index contributed by atoms with van der Waals surface area (Å²) in [5.41, 5.74) is 2.70. The Kier molecular flexibility index (Phi) is 6.20. The highest BCUT2D eigenvalue weighted by atomic mass is 16.5. The Morgan fingerprint density at radius 1 is 1.04 bits per heavy atom. The van der Waals surface area contributed by atoms with Gasteiger partial charge in [-0.25, -0.2) is 5.01 Å². The summed E-state index contributed by atoms with van der Waals surface area (Å²) >= 11 is 0. The number of methoxy groups -OCH3 is 1. The fourth-order valence-electron chi connectivity index (χ4n) is 2.86. The normalized spacial score (nSPS) is 13.2. The van der Waals surface area contributed by atoms with Gasteiger partial charge in [0, 0.05) is 18.4 Å². The molecule has 1 aliphatic heterocycles. The van der Waals surface area contributed by atoms with Gasteiger partial charge in [-0.3, -0.25) is 9.59 Å². The summed E-state index contributed by atoms with van der Waals surface area (Å²) in [5, 5.41) is 5.82. The third-order valence-corrected chi connectivity index (χ3v) is 4.32. The third-order valence-electron chi connectivity index (χ3n) is 4.32. The van der Waals surface area contributed by atoms with Crippen molar-refractivity contribution in [1.82, 2.24) is 5.01 Å². The zero-order chi connectivity index (χ0) is 19.1. The average molecular weight is 366 g/mol. The maximum atomic E-state index is 12.3. The molecule has 6 heteroatoms. The molecule has 1 aliphatic rings. The number of carbonyl (C=O) groups excluding carboxylic acids is 2. The molecule has 3 rings (SSSR count). The first-order chi connectivity index (χ1) is 13.2. The molecule has 0 aliphatic carbocycles. The largest absolute Gasteiger partial charge is 0.496 e. The molecule has 0 unspecified atom stereocenters. The molecule has 0 atom stereocenters. The molecule has 0 saturated heterocycles. The molecule has 0 N–H and O–H groups in total. The highest BCUT2D eigenvalue weighted by Gasteiger charge is 2.22. The molecule has 0 fully saturated rings. The Morgan fingerprint density at radius 3 is 2.56 bits per heavy atom. The summed E-state index contributed by atoms with van der Waals surface area (Å²) in [6.07, 6.45) is 0.824. The molecule has 2 aromatic rings. The van der Waals surface area contributed by atoms with Crippen molar-refractivity contribution in [3.63, 3.8) is 0 Å². The van der Waals surface area contributed by atoms with E-state index in [9.17, 15) is 9.59 Å². The predicted octanol–water partition coefficient (Wildman–Crippen LogP) is 3.16. The van der Waals surface area contributed by atoms with Gasteiger partial charge in [-0.05, 0) is 11.6 Å². The van der Waals surface area contributed by atoms with Crippen LogP contribution in [0.4, 0.5) is 0 Å². The number of para-hydroxylation sites is 1. The van der Waals surface area contributed by atoms with E-state index in [4.69, 9.17) is 9.47 Å². The lowest BCUT2D eigenvalue weighted by atomic mass is 10.1. The van der Waals surface area contributed by atoms with Crippen LogP contribution in [0, 0.1) is 0 Å². The van der Waals surface area contributed by atoms with E-state index in [0.717, 1.165) is 16.8 Å². The number of hydrogen-bond donors (Lipinski definition) is 0. The number of nitrogens with zero attached hydrogens (tertiary/aromatic N) is 2. The van der Waals surface area contributed by atoms with Gasteiger partial charge in [-0.2, -0.15) is 5.10 Å². The minimum Gasteiger partial charge on any atom is -0.496 e.